The van der Waals surface area contributed by atoms with E-state index in [2.05, 4.69) is 34.4 Å². The first-order valence-electron chi connectivity index (χ1n) is 23.3. The van der Waals surface area contributed by atoms with Crippen LogP contribution in [-0.4, -0.2) is 137 Å². The highest BCUT2D eigenvalue weighted by Crippen LogP contribution is 2.51. The molecule has 0 aromatic heterocycles. The lowest BCUT2D eigenvalue weighted by Crippen LogP contribution is -2.51. The Hall–Kier alpha value is -5.07. The molecule has 2 fully saturated rings. The monoisotopic (exact) mass is 916 g/mol. The van der Waals surface area contributed by atoms with E-state index in [0.717, 1.165) is 19.6 Å². The van der Waals surface area contributed by atoms with Crippen molar-refractivity contribution in [1.29, 1.82) is 0 Å². The van der Waals surface area contributed by atoms with E-state index in [1.807, 2.05) is 6.92 Å². The maximum atomic E-state index is 14.9. The van der Waals surface area contributed by atoms with Crippen molar-refractivity contribution in [3.05, 3.63) is 58.0 Å². The zero-order valence-corrected chi connectivity index (χ0v) is 39.9. The number of aliphatic hydroxyl groups is 2. The number of phenols is 2. The molecule has 6 heterocycles. The summed E-state index contributed by atoms with van der Waals surface area (Å²) in [6.07, 6.45) is 4.48. The van der Waals surface area contributed by atoms with Crippen LogP contribution in [0.5, 0.6) is 17.2 Å². The van der Waals surface area contributed by atoms with Gasteiger partial charge in [0, 0.05) is 113 Å². The van der Waals surface area contributed by atoms with Crippen LogP contribution in [0.15, 0.2) is 46.1 Å². The van der Waals surface area contributed by atoms with E-state index in [4.69, 9.17) is 23.9 Å². The summed E-state index contributed by atoms with van der Waals surface area (Å²) in [7, 11) is 1.49. The van der Waals surface area contributed by atoms with Crippen molar-refractivity contribution in [2.45, 2.75) is 111 Å². The number of amides is 2. The molecule has 2 aromatic carbocycles. The number of ether oxygens (including phenoxy) is 4. The molecule has 360 valence electrons. The van der Waals surface area contributed by atoms with Crippen LogP contribution in [-0.2, 0) is 19.0 Å². The quantitative estimate of drug-likeness (QED) is 0.237. The minimum absolute atomic E-state index is 0.0538. The average molecular weight is 917 g/mol. The molecule has 1 spiro atoms. The van der Waals surface area contributed by atoms with Crippen molar-refractivity contribution in [3.63, 3.8) is 0 Å². The van der Waals surface area contributed by atoms with Crippen LogP contribution >= 0.6 is 0 Å². The van der Waals surface area contributed by atoms with E-state index in [1.165, 1.54) is 20.3 Å². The van der Waals surface area contributed by atoms with Gasteiger partial charge in [0.1, 0.15) is 34.0 Å². The minimum Gasteiger partial charge on any atom is -0.507 e. The SMILES string of the molecule is CO[C@H]1/C=C/O[C@@]2(C)Oc3c(C)c(O)c4c(O)c(c5c(c4c3C2=O)NC2(CCN(CC(C)C)CC2)N=5)=NC(=O)/C(C)=C\C=C\[C@H](C)[C@H](O)[C@@H](C)[C@@H](O)[C@@H](C)[C@H](OC(=O)N2CCNCC2)[C@@H]1C. The highest BCUT2D eigenvalue weighted by atomic mass is 16.7. The van der Waals surface area contributed by atoms with Gasteiger partial charge in [0.2, 0.25) is 0 Å². The number of anilines is 1. The first-order chi connectivity index (χ1) is 31.2. The second kappa shape index (κ2) is 19.3. The number of nitrogens with one attached hydrogen (secondary N) is 2. The number of fused-ring (bicyclic) bond motifs is 13. The van der Waals surface area contributed by atoms with E-state index in [0.29, 0.717) is 50.6 Å². The zero-order valence-electron chi connectivity index (χ0n) is 39.9. The molecule has 66 heavy (non-hydrogen) atoms. The number of piperidine rings is 1. The third-order valence-electron chi connectivity index (χ3n) is 14.2. The van der Waals surface area contributed by atoms with E-state index in [9.17, 15) is 34.8 Å². The molecule has 0 saturated carbocycles. The Bertz CT molecular complexity index is 2440. The molecule has 0 aliphatic carbocycles. The number of piperazine rings is 1. The predicted molar refractivity (Wildman–Crippen MR) is 247 cm³/mol. The van der Waals surface area contributed by atoms with Gasteiger partial charge in [-0.2, -0.15) is 0 Å². The summed E-state index contributed by atoms with van der Waals surface area (Å²) in [5.41, 5.74) is -0.118. The van der Waals surface area contributed by atoms with Crippen molar-refractivity contribution in [3.8, 4) is 17.2 Å². The lowest BCUT2D eigenvalue weighted by atomic mass is 9.78. The fourth-order valence-corrected chi connectivity index (χ4v) is 10.1. The van der Waals surface area contributed by atoms with Crippen molar-refractivity contribution >= 4 is 34.2 Å². The lowest BCUT2D eigenvalue weighted by molar-refractivity contribution is -0.114. The minimum atomic E-state index is -1.97. The van der Waals surface area contributed by atoms with Crippen LogP contribution in [0.1, 0.15) is 84.2 Å². The molecule has 17 nitrogen and oxygen atoms in total. The number of carbonyl (C=O) groups is 3. The Morgan fingerprint density at radius 2 is 1.62 bits per heavy atom. The molecule has 8 rings (SSSR count). The fraction of sp³-hybridized carbons (Fsp3) is 0.612. The average Bonchev–Trinajstić information content (AvgIpc) is 3.79. The van der Waals surface area contributed by atoms with Crippen molar-refractivity contribution in [1.82, 2.24) is 15.1 Å². The molecule has 2 saturated heterocycles. The number of Topliss-reactive ketones (excluding diaryl/α,β-unsaturated/α-hetero) is 1. The number of hydrogen-bond acceptors (Lipinski definition) is 15. The Labute approximate surface area is 386 Å². The van der Waals surface area contributed by atoms with Crippen LogP contribution < -0.4 is 26.1 Å². The van der Waals surface area contributed by atoms with Crippen molar-refractivity contribution in [2.24, 2.45) is 39.6 Å². The highest BCUT2D eigenvalue weighted by Gasteiger charge is 2.51. The third-order valence-corrected chi connectivity index (χ3v) is 14.2. The number of aliphatic hydroxyl groups excluding tert-OH is 2. The summed E-state index contributed by atoms with van der Waals surface area (Å²) >= 11 is 0. The Kier molecular flexibility index (Phi) is 14.3. The first kappa shape index (κ1) is 48.9. The van der Waals surface area contributed by atoms with Gasteiger partial charge >= 0.3 is 11.9 Å². The molecular formula is C49H68N6O11. The zero-order chi connectivity index (χ0) is 48.0. The second-order valence-corrected chi connectivity index (χ2v) is 19.5. The number of phenolic OH excluding ortho intramolecular Hbond substituents is 2. The van der Waals surface area contributed by atoms with Gasteiger partial charge in [-0.25, -0.2) is 9.79 Å². The number of rotatable bonds is 4. The van der Waals surface area contributed by atoms with Gasteiger partial charge in [-0.3, -0.25) is 14.6 Å². The largest absolute Gasteiger partial charge is 0.507 e. The van der Waals surface area contributed by atoms with Gasteiger partial charge in [-0.1, -0.05) is 59.8 Å². The van der Waals surface area contributed by atoms with E-state index < -0.39 is 83.1 Å². The number of ketones is 1. The number of methoxy groups -OCH3 is 1. The molecule has 17 heteroatoms. The number of allylic oxidation sites excluding steroid dienone is 2. The molecule has 0 radical (unpaired) electrons. The maximum Gasteiger partial charge on any atom is 0.410 e. The molecular weight excluding hydrogens is 849 g/mol. The summed E-state index contributed by atoms with van der Waals surface area (Å²) < 4.78 is 24.7. The number of hydrogen-bond donors (Lipinski definition) is 6. The summed E-state index contributed by atoms with van der Waals surface area (Å²) in [4.78, 5) is 56.0. The van der Waals surface area contributed by atoms with Gasteiger partial charge in [-0.15, -0.1) is 0 Å². The molecule has 6 aliphatic rings. The molecule has 6 aliphatic heterocycles. The Morgan fingerprint density at radius 3 is 2.27 bits per heavy atom. The van der Waals surface area contributed by atoms with Crippen LogP contribution in [0.2, 0.25) is 0 Å². The number of carbonyl (C=O) groups excluding carboxylic acids is 3. The first-order valence-corrected chi connectivity index (χ1v) is 23.3. The number of nitrogens with zero attached hydrogens (tertiary/aromatic N) is 4. The number of aromatic hydroxyl groups is 2. The van der Waals surface area contributed by atoms with E-state index in [-0.39, 0.29) is 49.7 Å². The molecule has 6 N–H and O–H groups in total. The topological polar surface area (TPSA) is 224 Å². The van der Waals surface area contributed by atoms with Gasteiger partial charge < -0.3 is 59.8 Å². The van der Waals surface area contributed by atoms with Crippen LogP contribution in [0.4, 0.5) is 10.5 Å². The summed E-state index contributed by atoms with van der Waals surface area (Å²) in [6, 6.07) is 0. The van der Waals surface area contributed by atoms with E-state index in [1.54, 1.807) is 63.8 Å². The fourth-order valence-electron chi connectivity index (χ4n) is 10.1. The van der Waals surface area contributed by atoms with Gasteiger partial charge in [-0.05, 0) is 25.8 Å². The maximum absolute atomic E-state index is 14.9. The third kappa shape index (κ3) is 9.16. The number of benzene rings is 2. The molecule has 0 unspecified atom stereocenters. The van der Waals surface area contributed by atoms with Gasteiger partial charge in [0.15, 0.2) is 5.75 Å². The standard InChI is InChI=1S/C49H68N6O11/c1-25(2)24-54-19-15-49(16-20-54)52-36-33-34-41(58)31(8)44-35(33)45(60)48(9,66-44)64-23-14-32(63-10)28(5)43(65-47(62)55-21-17-50-18-22-55)30(7)40(57)29(6)39(56)26(3)12-11-13-27(4)46(61)51-38(42(34)59)37(36)53-49/h11-14,23,25-26,28-30,32,39-40,43,50,52,56-59H,15-22,24H2,1-10H3/b12-11+,23-14+,27-13-,51-38?/t26-,28+,29+,30+,32-,39-,40+,43+,48-/m0/s1. The summed E-state index contributed by atoms with van der Waals surface area (Å²) in [5, 5.41) is 54.4. The smallest absolute Gasteiger partial charge is 0.410 e. The Balaban J connectivity index is 1.36. The summed E-state index contributed by atoms with van der Waals surface area (Å²) in [5.74, 6) is -6.12. The Morgan fingerprint density at radius 1 is 0.939 bits per heavy atom. The normalized spacial score (nSPS) is 32.5. The molecule has 2 amide bonds. The molecule has 2 aromatic rings. The van der Waals surface area contributed by atoms with Crippen LogP contribution in [0.3, 0.4) is 0 Å². The highest BCUT2D eigenvalue weighted by molar-refractivity contribution is 6.21. The van der Waals surface area contributed by atoms with Gasteiger partial charge in [0.25, 0.3) is 11.7 Å². The molecule has 9 atom stereocenters. The molecule has 5 bridgehead atoms. The lowest BCUT2D eigenvalue weighted by Gasteiger charge is -2.39. The van der Waals surface area contributed by atoms with Crippen molar-refractivity contribution < 1.29 is 53.8 Å². The predicted octanol–water partition coefficient (Wildman–Crippen LogP) is 4.23. The van der Waals surface area contributed by atoms with Crippen LogP contribution in [0, 0.1) is 36.5 Å². The van der Waals surface area contributed by atoms with Crippen LogP contribution in [0.25, 0.3) is 10.8 Å². The van der Waals surface area contributed by atoms with E-state index >= 15 is 0 Å². The summed E-state index contributed by atoms with van der Waals surface area (Å²) in [6.45, 7) is 20.5. The van der Waals surface area contributed by atoms with Gasteiger partial charge in [0.05, 0.1) is 41.2 Å². The number of likely N-dealkylation sites (tertiary alicyclic amines) is 1. The second-order valence-electron chi connectivity index (χ2n) is 19.5. The van der Waals surface area contributed by atoms with Crippen molar-refractivity contribution in [2.75, 3.05) is 58.2 Å².